The lowest BCUT2D eigenvalue weighted by atomic mass is 10.6. The maximum absolute atomic E-state index is 11.0. The summed E-state index contributed by atoms with van der Waals surface area (Å²) in [6.45, 7) is -0.861. The van der Waals surface area contributed by atoms with Gasteiger partial charge in [-0.2, -0.15) is 4.31 Å². The highest BCUT2D eigenvalue weighted by Crippen LogP contribution is 2.35. The third kappa shape index (κ3) is 6.55. The summed E-state index contributed by atoms with van der Waals surface area (Å²) in [5.41, 5.74) is 1.16. The minimum atomic E-state index is -4.60. The van der Waals surface area contributed by atoms with Gasteiger partial charge in [0.25, 0.3) is 5.91 Å². The van der Waals surface area contributed by atoms with Crippen molar-refractivity contribution >= 4 is 23.5 Å². The van der Waals surface area contributed by atoms with Crippen molar-refractivity contribution in [1.29, 1.82) is 0 Å². The van der Waals surface area contributed by atoms with Crippen LogP contribution < -0.4 is 5.48 Å². The molecule has 0 saturated heterocycles. The molecule has 0 aliphatic rings. The lowest BCUT2D eigenvalue weighted by Gasteiger charge is -2.18. The van der Waals surface area contributed by atoms with Crippen molar-refractivity contribution in [3.8, 4) is 0 Å². The van der Waals surface area contributed by atoms with E-state index in [4.69, 9.17) is 15.0 Å². The first-order chi connectivity index (χ1) is 6.56. The van der Waals surface area contributed by atoms with Gasteiger partial charge in [0.15, 0.2) is 0 Å². The number of carbonyl (C=O) groups excluding carboxylic acids is 1. The van der Waals surface area contributed by atoms with Crippen LogP contribution in [0.25, 0.3) is 0 Å². The monoisotopic (exact) mass is 262 g/mol. The standard InChI is InChI=1S/C4H11N2O7PS/c1-15(12,13)6(2-4(7)5-8)3-14(9,10)11/h8H,2-3H2,1H3,(H,5,7)(H2,9,10,11). The van der Waals surface area contributed by atoms with Crippen LogP contribution in [0, 0.1) is 0 Å². The van der Waals surface area contributed by atoms with Crippen molar-refractivity contribution < 1.29 is 32.8 Å². The van der Waals surface area contributed by atoms with E-state index in [0.29, 0.717) is 6.26 Å². The highest BCUT2D eigenvalue weighted by atomic mass is 32.2. The van der Waals surface area contributed by atoms with Gasteiger partial charge in [0.2, 0.25) is 10.0 Å². The zero-order chi connectivity index (χ0) is 12.3. The molecule has 0 atom stereocenters. The molecule has 1 amide bonds. The average molecular weight is 262 g/mol. The van der Waals surface area contributed by atoms with E-state index in [2.05, 4.69) is 0 Å². The van der Waals surface area contributed by atoms with E-state index in [1.807, 2.05) is 0 Å². The summed E-state index contributed by atoms with van der Waals surface area (Å²) in [5, 5.41) is 8.13. The molecule has 0 aliphatic heterocycles. The van der Waals surface area contributed by atoms with Gasteiger partial charge < -0.3 is 9.79 Å². The number of rotatable bonds is 5. The lowest BCUT2D eigenvalue weighted by molar-refractivity contribution is -0.129. The van der Waals surface area contributed by atoms with Crippen LogP contribution in [0.2, 0.25) is 0 Å². The number of hydrogen-bond donors (Lipinski definition) is 4. The van der Waals surface area contributed by atoms with Gasteiger partial charge in [-0.15, -0.1) is 0 Å². The summed E-state index contributed by atoms with van der Waals surface area (Å²) < 4.78 is 32.8. The third-order valence-electron chi connectivity index (χ3n) is 1.26. The minimum Gasteiger partial charge on any atom is -0.324 e. The summed E-state index contributed by atoms with van der Waals surface area (Å²) in [4.78, 5) is 27.7. The normalized spacial score (nSPS) is 12.9. The number of hydrogen-bond acceptors (Lipinski definition) is 5. The van der Waals surface area contributed by atoms with Gasteiger partial charge in [-0.1, -0.05) is 0 Å². The molecular formula is C4H11N2O7PS. The van der Waals surface area contributed by atoms with Crippen LogP contribution in [0.15, 0.2) is 0 Å². The summed E-state index contributed by atoms with van der Waals surface area (Å²) >= 11 is 0. The van der Waals surface area contributed by atoms with E-state index in [1.165, 1.54) is 0 Å². The molecule has 0 rings (SSSR count). The highest BCUT2D eigenvalue weighted by molar-refractivity contribution is 7.88. The largest absolute Gasteiger partial charge is 0.340 e. The molecule has 0 heterocycles. The molecule has 0 radical (unpaired) electrons. The van der Waals surface area contributed by atoms with Crippen molar-refractivity contribution in [2.45, 2.75) is 0 Å². The maximum atomic E-state index is 11.0. The summed E-state index contributed by atoms with van der Waals surface area (Å²) in [6, 6.07) is 0. The van der Waals surface area contributed by atoms with Crippen LogP contribution in [-0.4, -0.2) is 52.7 Å². The molecule has 0 aromatic carbocycles. The van der Waals surface area contributed by atoms with E-state index in [9.17, 15) is 17.8 Å². The molecule has 90 valence electrons. The molecule has 0 unspecified atom stereocenters. The SMILES string of the molecule is CS(=O)(=O)N(CC(=O)NO)CP(=O)(O)O. The maximum Gasteiger partial charge on any atom is 0.340 e. The molecule has 0 spiro atoms. The molecule has 0 aromatic heterocycles. The third-order valence-corrected chi connectivity index (χ3v) is 3.35. The Morgan fingerprint density at radius 2 is 1.93 bits per heavy atom. The van der Waals surface area contributed by atoms with E-state index >= 15 is 0 Å². The first-order valence-electron chi connectivity index (χ1n) is 3.49. The quantitative estimate of drug-likeness (QED) is 0.252. The number of carbonyl (C=O) groups is 1. The Labute approximate surface area is 85.9 Å². The Morgan fingerprint density at radius 1 is 1.47 bits per heavy atom. The number of hydroxylamine groups is 1. The van der Waals surface area contributed by atoms with Crippen LogP contribution >= 0.6 is 7.60 Å². The van der Waals surface area contributed by atoms with Crippen LogP contribution in [0.4, 0.5) is 0 Å². The molecule has 0 aliphatic carbocycles. The van der Waals surface area contributed by atoms with Gasteiger partial charge in [-0.3, -0.25) is 14.6 Å². The van der Waals surface area contributed by atoms with E-state index in [-0.39, 0.29) is 4.31 Å². The van der Waals surface area contributed by atoms with Gasteiger partial charge in [-0.05, 0) is 0 Å². The molecule has 0 fully saturated rings. The van der Waals surface area contributed by atoms with E-state index < -0.39 is 36.4 Å². The summed E-state index contributed by atoms with van der Waals surface area (Å²) in [5.74, 6) is -1.09. The van der Waals surface area contributed by atoms with Crippen molar-refractivity contribution in [1.82, 2.24) is 9.79 Å². The van der Waals surface area contributed by atoms with Gasteiger partial charge >= 0.3 is 7.60 Å². The number of nitrogens with zero attached hydrogens (tertiary/aromatic N) is 1. The fourth-order valence-corrected chi connectivity index (χ4v) is 2.83. The lowest BCUT2D eigenvalue weighted by Crippen LogP contribution is -2.39. The summed E-state index contributed by atoms with van der Waals surface area (Å²) in [7, 11) is -8.53. The molecule has 0 saturated carbocycles. The fourth-order valence-electron chi connectivity index (χ4n) is 0.673. The molecular weight excluding hydrogens is 251 g/mol. The minimum absolute atomic E-state index is 0.263. The van der Waals surface area contributed by atoms with Gasteiger partial charge in [0.05, 0.1) is 12.8 Å². The first kappa shape index (κ1) is 14.5. The van der Waals surface area contributed by atoms with E-state index in [0.717, 1.165) is 5.48 Å². The number of nitrogens with one attached hydrogen (secondary N) is 1. The van der Waals surface area contributed by atoms with Crippen LogP contribution in [0.3, 0.4) is 0 Å². The van der Waals surface area contributed by atoms with Gasteiger partial charge in [-0.25, -0.2) is 13.9 Å². The predicted octanol–water partition coefficient (Wildman–Crippen LogP) is -2.11. The Morgan fingerprint density at radius 3 is 2.20 bits per heavy atom. The number of sulfonamides is 1. The molecule has 9 nitrogen and oxygen atoms in total. The van der Waals surface area contributed by atoms with Gasteiger partial charge in [0.1, 0.15) is 6.29 Å². The van der Waals surface area contributed by atoms with Gasteiger partial charge in [0, 0.05) is 0 Å². The molecule has 0 bridgehead atoms. The van der Waals surface area contributed by atoms with Crippen molar-refractivity contribution in [3.63, 3.8) is 0 Å². The average Bonchev–Trinajstić information content (AvgIpc) is 1.98. The molecule has 11 heteroatoms. The molecule has 4 N–H and O–H groups in total. The van der Waals surface area contributed by atoms with Crippen LogP contribution in [0.1, 0.15) is 0 Å². The van der Waals surface area contributed by atoms with Crippen LogP contribution in [0.5, 0.6) is 0 Å². The Bertz CT molecular complexity index is 372. The predicted molar refractivity (Wildman–Crippen MR) is 48.4 cm³/mol. The molecule has 15 heavy (non-hydrogen) atoms. The second kappa shape index (κ2) is 5.01. The zero-order valence-electron chi connectivity index (χ0n) is 7.69. The van der Waals surface area contributed by atoms with Crippen LogP contribution in [-0.2, 0) is 19.4 Å². The van der Waals surface area contributed by atoms with E-state index in [1.54, 1.807) is 0 Å². The zero-order valence-corrected chi connectivity index (χ0v) is 9.40. The number of amides is 1. The Kier molecular flexibility index (Phi) is 4.84. The fraction of sp³-hybridized carbons (Fsp3) is 0.750. The second-order valence-corrected chi connectivity index (χ2v) is 6.31. The summed E-state index contributed by atoms with van der Waals surface area (Å²) in [6.07, 6.45) is -0.424. The van der Waals surface area contributed by atoms with Crippen molar-refractivity contribution in [3.05, 3.63) is 0 Å². The smallest absolute Gasteiger partial charge is 0.324 e. The Hall–Kier alpha value is -0.510. The Balaban J connectivity index is 4.77. The highest BCUT2D eigenvalue weighted by Gasteiger charge is 2.27. The van der Waals surface area contributed by atoms with Crippen molar-refractivity contribution in [2.75, 3.05) is 19.1 Å². The first-order valence-corrected chi connectivity index (χ1v) is 7.13. The van der Waals surface area contributed by atoms with Crippen molar-refractivity contribution in [2.24, 2.45) is 0 Å². The molecule has 0 aromatic rings. The second-order valence-electron chi connectivity index (χ2n) is 2.71. The topological polar surface area (TPSA) is 144 Å².